The highest BCUT2D eigenvalue weighted by Gasteiger charge is 2.01. The first-order chi connectivity index (χ1) is 6.76. The first-order valence-corrected chi connectivity index (χ1v) is 4.46. The number of nitrogens with one attached hydrogen (secondary N) is 2. The summed E-state index contributed by atoms with van der Waals surface area (Å²) in [6, 6.07) is 0. The molecule has 0 aliphatic heterocycles. The average molecular weight is 197 g/mol. The SMILES string of the molecule is CCC(O)CNc1cncc(NN)n1. The van der Waals surface area contributed by atoms with Crippen molar-refractivity contribution in [3.05, 3.63) is 12.4 Å². The molecule has 0 radical (unpaired) electrons. The number of aliphatic hydroxyl groups is 1. The standard InChI is InChI=1S/C8H15N5O/c1-2-6(14)3-11-7-4-10-5-8(12-7)13-9/h4-6,14H,2-3,9H2,1H3,(H2,11,12,13). The molecule has 6 heteroatoms. The Morgan fingerprint density at radius 2 is 2.21 bits per heavy atom. The van der Waals surface area contributed by atoms with E-state index < -0.39 is 0 Å². The molecule has 1 rings (SSSR count). The molecular formula is C8H15N5O. The van der Waals surface area contributed by atoms with Gasteiger partial charge < -0.3 is 15.8 Å². The largest absolute Gasteiger partial charge is 0.391 e. The molecule has 0 amide bonds. The van der Waals surface area contributed by atoms with E-state index in [4.69, 9.17) is 5.84 Å². The molecule has 78 valence electrons. The van der Waals surface area contributed by atoms with Crippen molar-refractivity contribution in [1.82, 2.24) is 9.97 Å². The molecule has 0 spiro atoms. The fourth-order valence-electron chi connectivity index (χ4n) is 0.887. The second kappa shape index (κ2) is 5.36. The Hall–Kier alpha value is -1.40. The van der Waals surface area contributed by atoms with Crippen LogP contribution in [-0.4, -0.2) is 27.7 Å². The van der Waals surface area contributed by atoms with E-state index in [2.05, 4.69) is 20.7 Å². The summed E-state index contributed by atoms with van der Waals surface area (Å²) < 4.78 is 0. The molecule has 0 aliphatic carbocycles. The van der Waals surface area contributed by atoms with E-state index in [1.54, 1.807) is 6.20 Å². The minimum absolute atomic E-state index is 0.369. The van der Waals surface area contributed by atoms with Crippen molar-refractivity contribution in [1.29, 1.82) is 0 Å². The van der Waals surface area contributed by atoms with Crippen LogP contribution in [0, 0.1) is 0 Å². The number of aromatic nitrogens is 2. The molecule has 0 aliphatic rings. The molecule has 6 nitrogen and oxygen atoms in total. The quantitative estimate of drug-likeness (QED) is 0.390. The summed E-state index contributed by atoms with van der Waals surface area (Å²) in [7, 11) is 0. The van der Waals surface area contributed by atoms with Crippen molar-refractivity contribution in [2.75, 3.05) is 17.3 Å². The van der Waals surface area contributed by atoms with Crippen LogP contribution in [0.5, 0.6) is 0 Å². The lowest BCUT2D eigenvalue weighted by Crippen LogP contribution is -2.19. The Bertz CT molecular complexity index is 280. The van der Waals surface area contributed by atoms with E-state index >= 15 is 0 Å². The minimum Gasteiger partial charge on any atom is -0.391 e. The van der Waals surface area contributed by atoms with E-state index in [0.29, 0.717) is 24.6 Å². The third kappa shape index (κ3) is 3.15. The molecule has 0 saturated heterocycles. The molecule has 14 heavy (non-hydrogen) atoms. The molecule has 0 fully saturated rings. The van der Waals surface area contributed by atoms with Gasteiger partial charge in [0.15, 0.2) is 5.82 Å². The highest BCUT2D eigenvalue weighted by molar-refractivity contribution is 5.40. The van der Waals surface area contributed by atoms with Gasteiger partial charge in [0.25, 0.3) is 0 Å². The minimum atomic E-state index is -0.369. The summed E-state index contributed by atoms with van der Waals surface area (Å²) in [5.41, 5.74) is 2.39. The Kier molecular flexibility index (Phi) is 4.09. The fraction of sp³-hybridized carbons (Fsp3) is 0.500. The van der Waals surface area contributed by atoms with Crippen LogP contribution in [0.2, 0.25) is 0 Å². The summed E-state index contributed by atoms with van der Waals surface area (Å²) in [5.74, 6) is 6.25. The smallest absolute Gasteiger partial charge is 0.160 e. The maximum Gasteiger partial charge on any atom is 0.160 e. The van der Waals surface area contributed by atoms with Gasteiger partial charge in [0.05, 0.1) is 18.5 Å². The van der Waals surface area contributed by atoms with Crippen LogP contribution < -0.4 is 16.6 Å². The molecule has 0 bridgehead atoms. The highest BCUT2D eigenvalue weighted by Crippen LogP contribution is 2.05. The number of anilines is 2. The zero-order valence-electron chi connectivity index (χ0n) is 8.07. The summed E-state index contributed by atoms with van der Waals surface area (Å²) in [4.78, 5) is 7.99. The van der Waals surface area contributed by atoms with Gasteiger partial charge in [0.1, 0.15) is 5.82 Å². The van der Waals surface area contributed by atoms with Crippen molar-refractivity contribution in [3.8, 4) is 0 Å². The van der Waals surface area contributed by atoms with E-state index in [1.807, 2.05) is 6.92 Å². The van der Waals surface area contributed by atoms with Gasteiger partial charge in [-0.15, -0.1) is 0 Å². The number of hydrogen-bond donors (Lipinski definition) is 4. The topological polar surface area (TPSA) is 96.1 Å². The second-order valence-corrected chi connectivity index (χ2v) is 2.88. The number of nitrogens with two attached hydrogens (primary N) is 1. The van der Waals surface area contributed by atoms with Crippen LogP contribution in [0.4, 0.5) is 11.6 Å². The van der Waals surface area contributed by atoms with Crippen LogP contribution in [0.1, 0.15) is 13.3 Å². The molecule has 1 atom stereocenters. The number of nitrogens with zero attached hydrogens (tertiary/aromatic N) is 2. The normalized spacial score (nSPS) is 12.2. The lowest BCUT2D eigenvalue weighted by Gasteiger charge is -2.09. The van der Waals surface area contributed by atoms with E-state index in [-0.39, 0.29) is 6.10 Å². The highest BCUT2D eigenvalue weighted by atomic mass is 16.3. The van der Waals surface area contributed by atoms with Gasteiger partial charge in [-0.1, -0.05) is 6.92 Å². The lowest BCUT2D eigenvalue weighted by atomic mass is 10.3. The summed E-state index contributed by atoms with van der Waals surface area (Å²) in [6.45, 7) is 2.37. The first kappa shape index (κ1) is 10.7. The summed E-state index contributed by atoms with van der Waals surface area (Å²) in [5, 5.41) is 12.2. The Morgan fingerprint density at radius 3 is 2.86 bits per heavy atom. The third-order valence-electron chi connectivity index (χ3n) is 1.77. The molecule has 1 aromatic heterocycles. The summed E-state index contributed by atoms with van der Waals surface area (Å²) in [6.07, 6.45) is 3.42. The predicted molar refractivity (Wildman–Crippen MR) is 54.6 cm³/mol. The van der Waals surface area contributed by atoms with E-state index in [9.17, 15) is 5.11 Å². The maximum atomic E-state index is 9.29. The predicted octanol–water partition coefficient (Wildman–Crippen LogP) is -0.0550. The van der Waals surface area contributed by atoms with Gasteiger partial charge in [0.2, 0.25) is 0 Å². The molecule has 1 heterocycles. The van der Waals surface area contributed by atoms with Gasteiger partial charge in [-0.2, -0.15) is 0 Å². The Labute approximate surface area is 82.5 Å². The van der Waals surface area contributed by atoms with Crippen LogP contribution in [0.15, 0.2) is 12.4 Å². The molecule has 5 N–H and O–H groups in total. The van der Waals surface area contributed by atoms with Crippen LogP contribution in [0.25, 0.3) is 0 Å². The zero-order valence-corrected chi connectivity index (χ0v) is 8.07. The number of nitrogen functional groups attached to an aromatic ring is 1. The van der Waals surface area contributed by atoms with Crippen LogP contribution >= 0.6 is 0 Å². The zero-order chi connectivity index (χ0) is 10.4. The van der Waals surface area contributed by atoms with Crippen molar-refractivity contribution < 1.29 is 5.11 Å². The lowest BCUT2D eigenvalue weighted by molar-refractivity contribution is 0.183. The van der Waals surface area contributed by atoms with Crippen molar-refractivity contribution >= 4 is 11.6 Å². The van der Waals surface area contributed by atoms with Crippen molar-refractivity contribution in [2.24, 2.45) is 5.84 Å². The molecule has 1 aromatic rings. The average Bonchev–Trinajstić information content (AvgIpc) is 2.26. The fourth-order valence-corrected chi connectivity index (χ4v) is 0.887. The van der Waals surface area contributed by atoms with Crippen molar-refractivity contribution in [2.45, 2.75) is 19.4 Å². The number of rotatable bonds is 5. The summed E-state index contributed by atoms with van der Waals surface area (Å²) >= 11 is 0. The Balaban J connectivity index is 2.50. The third-order valence-corrected chi connectivity index (χ3v) is 1.77. The van der Waals surface area contributed by atoms with Gasteiger partial charge >= 0.3 is 0 Å². The van der Waals surface area contributed by atoms with E-state index in [0.717, 1.165) is 0 Å². The van der Waals surface area contributed by atoms with Crippen LogP contribution in [0.3, 0.4) is 0 Å². The number of hydrazine groups is 1. The molecular weight excluding hydrogens is 182 g/mol. The monoisotopic (exact) mass is 197 g/mol. The van der Waals surface area contributed by atoms with Crippen LogP contribution in [-0.2, 0) is 0 Å². The van der Waals surface area contributed by atoms with Gasteiger partial charge in [-0.25, -0.2) is 10.8 Å². The molecule has 1 unspecified atom stereocenters. The maximum absolute atomic E-state index is 9.29. The first-order valence-electron chi connectivity index (χ1n) is 4.46. The van der Waals surface area contributed by atoms with Gasteiger partial charge in [0, 0.05) is 6.54 Å². The number of aliphatic hydroxyl groups excluding tert-OH is 1. The molecule has 0 aromatic carbocycles. The van der Waals surface area contributed by atoms with Gasteiger partial charge in [-0.05, 0) is 6.42 Å². The Morgan fingerprint density at radius 1 is 1.50 bits per heavy atom. The number of hydrogen-bond acceptors (Lipinski definition) is 6. The van der Waals surface area contributed by atoms with Gasteiger partial charge in [-0.3, -0.25) is 4.98 Å². The van der Waals surface area contributed by atoms with E-state index in [1.165, 1.54) is 6.20 Å². The molecule has 0 saturated carbocycles. The van der Waals surface area contributed by atoms with Crippen molar-refractivity contribution in [3.63, 3.8) is 0 Å². The second-order valence-electron chi connectivity index (χ2n) is 2.88.